The number of hydrogen-bond donors (Lipinski definition) is 1. The Morgan fingerprint density at radius 2 is 1.53 bits per heavy atom. The number of ketones is 2. The molecule has 5 nitrogen and oxygen atoms in total. The van der Waals surface area contributed by atoms with E-state index < -0.39 is 11.7 Å². The monoisotopic (exact) mass is 417 g/mol. The van der Waals surface area contributed by atoms with E-state index in [1.807, 2.05) is 0 Å². The summed E-state index contributed by atoms with van der Waals surface area (Å²) in [7, 11) is 1.54. The Bertz CT molecular complexity index is 1210. The summed E-state index contributed by atoms with van der Waals surface area (Å²) in [6, 6.07) is 19.7. The van der Waals surface area contributed by atoms with Gasteiger partial charge in [0.15, 0.2) is 5.78 Å². The van der Waals surface area contributed by atoms with Crippen LogP contribution in [0, 0.1) is 0 Å². The van der Waals surface area contributed by atoms with Crippen molar-refractivity contribution >= 4 is 34.6 Å². The molecular formula is C24H16ClNO4. The Balaban J connectivity index is 1.85. The molecule has 1 aliphatic rings. The molecule has 1 aliphatic carbocycles. The van der Waals surface area contributed by atoms with Gasteiger partial charge < -0.3 is 10.1 Å². The molecule has 0 bridgehead atoms. The van der Waals surface area contributed by atoms with Crippen molar-refractivity contribution in [1.82, 2.24) is 5.32 Å². The standard InChI is InChI=1S/C24H16ClNO4/c1-30-17-11-9-14(10-12-17)20-21(26-24(29)15-5-4-6-16(25)13-15)23(28)19-8-3-2-7-18(19)22(20)27/h2-13H,1H3,(H,26,29). The third kappa shape index (κ3) is 3.51. The lowest BCUT2D eigenvalue weighted by Gasteiger charge is -2.22. The fraction of sp³-hybridized carbons (Fsp3) is 0.0417. The summed E-state index contributed by atoms with van der Waals surface area (Å²) in [5.74, 6) is -0.680. The zero-order valence-corrected chi connectivity index (χ0v) is 16.7. The van der Waals surface area contributed by atoms with E-state index in [0.717, 1.165) is 0 Å². The van der Waals surface area contributed by atoms with Crippen molar-refractivity contribution in [3.8, 4) is 5.75 Å². The van der Waals surface area contributed by atoms with E-state index in [2.05, 4.69) is 5.32 Å². The summed E-state index contributed by atoms with van der Waals surface area (Å²) in [5, 5.41) is 3.03. The van der Waals surface area contributed by atoms with E-state index in [0.29, 0.717) is 21.9 Å². The maximum Gasteiger partial charge on any atom is 0.255 e. The molecule has 0 aromatic heterocycles. The van der Waals surface area contributed by atoms with E-state index >= 15 is 0 Å². The maximum absolute atomic E-state index is 13.3. The number of ether oxygens (including phenoxy) is 1. The number of carbonyl (C=O) groups excluding carboxylic acids is 3. The molecule has 0 spiro atoms. The molecule has 1 amide bonds. The molecule has 3 aromatic rings. The molecular weight excluding hydrogens is 402 g/mol. The quantitative estimate of drug-likeness (QED) is 0.675. The molecule has 1 N–H and O–H groups in total. The van der Waals surface area contributed by atoms with E-state index in [1.165, 1.54) is 13.2 Å². The minimum absolute atomic E-state index is 0.0613. The lowest BCUT2D eigenvalue weighted by molar-refractivity contribution is 0.0927. The predicted octanol–water partition coefficient (Wildman–Crippen LogP) is 4.57. The smallest absolute Gasteiger partial charge is 0.255 e. The number of rotatable bonds is 4. The average molecular weight is 418 g/mol. The Morgan fingerprint density at radius 3 is 2.17 bits per heavy atom. The van der Waals surface area contributed by atoms with Crippen molar-refractivity contribution in [3.05, 3.63) is 106 Å². The van der Waals surface area contributed by atoms with Crippen LogP contribution in [-0.2, 0) is 0 Å². The van der Waals surface area contributed by atoms with Crippen LogP contribution in [0.1, 0.15) is 36.6 Å². The van der Waals surface area contributed by atoms with Gasteiger partial charge in [0, 0.05) is 21.7 Å². The zero-order chi connectivity index (χ0) is 21.3. The first-order chi connectivity index (χ1) is 14.5. The average Bonchev–Trinajstić information content (AvgIpc) is 2.77. The van der Waals surface area contributed by atoms with Gasteiger partial charge in [0.2, 0.25) is 5.78 Å². The number of hydrogen-bond acceptors (Lipinski definition) is 4. The molecule has 30 heavy (non-hydrogen) atoms. The van der Waals surface area contributed by atoms with Gasteiger partial charge >= 0.3 is 0 Å². The summed E-state index contributed by atoms with van der Waals surface area (Å²) in [6.07, 6.45) is 0. The third-order valence-corrected chi connectivity index (χ3v) is 5.06. The molecule has 148 valence electrons. The Hall–Kier alpha value is -3.70. The van der Waals surface area contributed by atoms with Crippen molar-refractivity contribution in [2.75, 3.05) is 7.11 Å². The Kier molecular flexibility index (Phi) is 5.21. The first kappa shape index (κ1) is 19.6. The molecule has 0 radical (unpaired) electrons. The molecule has 6 heteroatoms. The molecule has 0 unspecified atom stereocenters. The maximum atomic E-state index is 13.3. The summed E-state index contributed by atoms with van der Waals surface area (Å²) >= 11 is 5.98. The highest BCUT2D eigenvalue weighted by Crippen LogP contribution is 2.32. The number of Topliss-reactive ketones (excluding diaryl/α,β-unsaturated/α-hetero) is 2. The Morgan fingerprint density at radius 1 is 0.867 bits per heavy atom. The normalized spacial score (nSPS) is 13.1. The minimum atomic E-state index is -0.529. The van der Waals surface area contributed by atoms with Gasteiger partial charge in [0.1, 0.15) is 11.4 Å². The topological polar surface area (TPSA) is 72.5 Å². The van der Waals surface area contributed by atoms with E-state index in [9.17, 15) is 14.4 Å². The third-order valence-electron chi connectivity index (χ3n) is 4.82. The van der Waals surface area contributed by atoms with Gasteiger partial charge in [0.25, 0.3) is 5.91 Å². The molecule has 0 heterocycles. The van der Waals surface area contributed by atoms with Gasteiger partial charge in [0.05, 0.1) is 12.7 Å². The van der Waals surface area contributed by atoms with Crippen LogP contribution in [0.4, 0.5) is 0 Å². The van der Waals surface area contributed by atoms with Crippen molar-refractivity contribution in [2.45, 2.75) is 0 Å². The van der Waals surface area contributed by atoms with Crippen LogP contribution in [0.25, 0.3) is 5.57 Å². The number of amides is 1. The minimum Gasteiger partial charge on any atom is -0.497 e. The van der Waals surface area contributed by atoms with Gasteiger partial charge in [-0.15, -0.1) is 0 Å². The van der Waals surface area contributed by atoms with Crippen molar-refractivity contribution in [2.24, 2.45) is 0 Å². The fourth-order valence-electron chi connectivity index (χ4n) is 3.34. The zero-order valence-electron chi connectivity index (χ0n) is 15.9. The van der Waals surface area contributed by atoms with Crippen molar-refractivity contribution < 1.29 is 19.1 Å². The first-order valence-corrected chi connectivity index (χ1v) is 9.51. The molecule has 0 saturated heterocycles. The highest BCUT2D eigenvalue weighted by molar-refractivity contribution is 6.41. The molecule has 4 rings (SSSR count). The fourth-order valence-corrected chi connectivity index (χ4v) is 3.53. The molecule has 0 atom stereocenters. The number of benzene rings is 3. The highest BCUT2D eigenvalue weighted by atomic mass is 35.5. The number of methoxy groups -OCH3 is 1. The molecule has 0 fully saturated rings. The van der Waals surface area contributed by atoms with Crippen LogP contribution in [0.5, 0.6) is 5.75 Å². The van der Waals surface area contributed by atoms with Gasteiger partial charge in [-0.3, -0.25) is 14.4 Å². The largest absolute Gasteiger partial charge is 0.497 e. The second kappa shape index (κ2) is 7.97. The number of halogens is 1. The summed E-state index contributed by atoms with van der Waals surface area (Å²) in [5.41, 5.74) is 1.41. The van der Waals surface area contributed by atoms with Crippen LogP contribution in [-0.4, -0.2) is 24.6 Å². The number of nitrogens with one attached hydrogen (secondary N) is 1. The molecule has 0 saturated carbocycles. The lowest BCUT2D eigenvalue weighted by atomic mass is 9.84. The molecule has 0 aliphatic heterocycles. The number of fused-ring (bicyclic) bond motifs is 1. The summed E-state index contributed by atoms with van der Waals surface area (Å²) in [6.45, 7) is 0. The summed E-state index contributed by atoms with van der Waals surface area (Å²) in [4.78, 5) is 39.3. The second-order valence-corrected chi connectivity index (χ2v) is 7.08. The van der Waals surface area contributed by atoms with Crippen LogP contribution in [0.2, 0.25) is 5.02 Å². The Labute approximate surface area is 177 Å². The first-order valence-electron chi connectivity index (χ1n) is 9.13. The predicted molar refractivity (Wildman–Crippen MR) is 114 cm³/mol. The van der Waals surface area contributed by atoms with Crippen LogP contribution >= 0.6 is 11.6 Å². The lowest BCUT2D eigenvalue weighted by Crippen LogP contribution is -2.33. The second-order valence-electron chi connectivity index (χ2n) is 6.65. The number of carbonyl (C=O) groups is 3. The summed E-state index contributed by atoms with van der Waals surface area (Å²) < 4.78 is 5.17. The van der Waals surface area contributed by atoms with Gasteiger partial charge in [-0.1, -0.05) is 54.1 Å². The number of allylic oxidation sites excluding steroid dienone is 2. The van der Waals surface area contributed by atoms with E-state index in [-0.39, 0.29) is 28.2 Å². The molecule has 3 aromatic carbocycles. The SMILES string of the molecule is COc1ccc(C2=C(NC(=O)c3cccc(Cl)c3)C(=O)c3ccccc3C2=O)cc1. The van der Waals surface area contributed by atoms with E-state index in [1.54, 1.807) is 66.7 Å². The van der Waals surface area contributed by atoms with E-state index in [4.69, 9.17) is 16.3 Å². The van der Waals surface area contributed by atoms with Gasteiger partial charge in [-0.05, 0) is 35.9 Å². The van der Waals surface area contributed by atoms with Crippen molar-refractivity contribution in [1.29, 1.82) is 0 Å². The van der Waals surface area contributed by atoms with Crippen LogP contribution in [0.3, 0.4) is 0 Å². The highest BCUT2D eigenvalue weighted by Gasteiger charge is 2.34. The van der Waals surface area contributed by atoms with Gasteiger partial charge in [-0.2, -0.15) is 0 Å². The van der Waals surface area contributed by atoms with Crippen molar-refractivity contribution in [3.63, 3.8) is 0 Å². The van der Waals surface area contributed by atoms with Crippen LogP contribution < -0.4 is 10.1 Å². The van der Waals surface area contributed by atoms with Gasteiger partial charge in [-0.25, -0.2) is 0 Å². The van der Waals surface area contributed by atoms with Crippen LogP contribution in [0.15, 0.2) is 78.5 Å².